The van der Waals surface area contributed by atoms with Crippen LogP contribution < -0.4 is 10.2 Å². The number of anilines is 1. The van der Waals surface area contributed by atoms with Gasteiger partial charge in [-0.15, -0.1) is 0 Å². The minimum absolute atomic E-state index is 0.120. The number of carbonyl (C=O) groups is 2. The van der Waals surface area contributed by atoms with Crippen LogP contribution in [0.1, 0.15) is 16.7 Å². The van der Waals surface area contributed by atoms with E-state index < -0.39 is 6.04 Å². The monoisotopic (exact) mass is 406 g/mol. The summed E-state index contributed by atoms with van der Waals surface area (Å²) in [6, 6.07) is 17.1. The first-order chi connectivity index (χ1) is 14.5. The number of nitrogens with one attached hydrogen (secondary N) is 2. The molecule has 4 rings (SSSR count). The first-order valence-electron chi connectivity index (χ1n) is 9.86. The van der Waals surface area contributed by atoms with Crippen molar-refractivity contribution in [2.45, 2.75) is 25.9 Å². The van der Waals surface area contributed by atoms with E-state index in [9.17, 15) is 9.59 Å². The van der Waals surface area contributed by atoms with Gasteiger partial charge in [-0.05, 0) is 12.5 Å². The molecule has 0 saturated carbocycles. The Labute approximate surface area is 174 Å². The highest BCUT2D eigenvalue weighted by Crippen LogP contribution is 2.22. The predicted octanol–water partition coefficient (Wildman–Crippen LogP) is 1.77. The maximum absolute atomic E-state index is 12.7. The lowest BCUT2D eigenvalue weighted by Crippen LogP contribution is -3.17. The van der Waals surface area contributed by atoms with Gasteiger partial charge in [0.05, 0.1) is 7.11 Å². The van der Waals surface area contributed by atoms with Crippen LogP contribution in [0.2, 0.25) is 0 Å². The number of aromatic nitrogens is 1. The van der Waals surface area contributed by atoms with E-state index in [1.54, 1.807) is 6.07 Å². The molecule has 0 saturated heterocycles. The lowest BCUT2D eigenvalue weighted by molar-refractivity contribution is -0.924. The normalized spacial score (nSPS) is 17.8. The van der Waals surface area contributed by atoms with Gasteiger partial charge in [0, 0.05) is 23.6 Å². The summed E-state index contributed by atoms with van der Waals surface area (Å²) in [5.74, 6) is -0.277. The molecule has 30 heavy (non-hydrogen) atoms. The van der Waals surface area contributed by atoms with Gasteiger partial charge in [-0.3, -0.25) is 10.1 Å². The van der Waals surface area contributed by atoms with Crippen LogP contribution in [-0.4, -0.2) is 36.7 Å². The molecule has 0 bridgehead atoms. The lowest BCUT2D eigenvalue weighted by Gasteiger charge is -2.31. The Morgan fingerprint density at radius 2 is 1.90 bits per heavy atom. The molecule has 2 N–H and O–H groups in total. The van der Waals surface area contributed by atoms with Crippen molar-refractivity contribution in [3.05, 3.63) is 71.3 Å². The third kappa shape index (κ3) is 4.26. The number of ether oxygens (including phenoxy) is 1. The standard InChI is InChI=1S/C23H23N3O4/c1-15-7-9-16(10-8-15)19-12-22(30-25-19)24-21(27)14-26-13-18-6-4-3-5-17(18)11-20(26)23(28)29-2/h3-10,12,20H,11,13-14H2,1-2H3,(H,24,27)/p+1/t20-/m1/s1. The molecule has 7 nitrogen and oxygen atoms in total. The number of methoxy groups -OCH3 is 1. The van der Waals surface area contributed by atoms with Crippen molar-refractivity contribution in [3.8, 4) is 11.3 Å². The molecule has 154 valence electrons. The average Bonchev–Trinajstić information content (AvgIpc) is 3.21. The summed E-state index contributed by atoms with van der Waals surface area (Å²) in [6.07, 6.45) is 0.547. The first kappa shape index (κ1) is 19.8. The number of fused-ring (bicyclic) bond motifs is 1. The molecule has 1 aromatic heterocycles. The average molecular weight is 406 g/mol. The van der Waals surface area contributed by atoms with Crippen molar-refractivity contribution in [2.75, 3.05) is 19.0 Å². The Morgan fingerprint density at radius 1 is 1.17 bits per heavy atom. The molecule has 0 aliphatic carbocycles. The second kappa shape index (κ2) is 8.51. The van der Waals surface area contributed by atoms with E-state index in [1.165, 1.54) is 7.11 Å². The summed E-state index contributed by atoms with van der Waals surface area (Å²) in [5.41, 5.74) is 4.98. The third-order valence-corrected chi connectivity index (χ3v) is 5.45. The van der Waals surface area contributed by atoms with Crippen molar-refractivity contribution in [1.82, 2.24) is 5.16 Å². The van der Waals surface area contributed by atoms with Crippen LogP contribution in [0.3, 0.4) is 0 Å². The predicted molar refractivity (Wildman–Crippen MR) is 111 cm³/mol. The Morgan fingerprint density at radius 3 is 2.63 bits per heavy atom. The fourth-order valence-electron chi connectivity index (χ4n) is 3.82. The van der Waals surface area contributed by atoms with Gasteiger partial charge < -0.3 is 14.2 Å². The summed E-state index contributed by atoms with van der Waals surface area (Å²) < 4.78 is 10.3. The molecule has 2 atom stereocenters. The van der Waals surface area contributed by atoms with Crippen LogP contribution in [0.25, 0.3) is 11.3 Å². The van der Waals surface area contributed by atoms with Gasteiger partial charge in [-0.2, -0.15) is 0 Å². The largest absolute Gasteiger partial charge is 0.465 e. The number of quaternary nitrogens is 1. The van der Waals surface area contributed by atoms with E-state index in [0.717, 1.165) is 27.2 Å². The van der Waals surface area contributed by atoms with Gasteiger partial charge in [0.25, 0.3) is 5.91 Å². The summed E-state index contributed by atoms with van der Waals surface area (Å²) in [6.45, 7) is 2.71. The van der Waals surface area contributed by atoms with Gasteiger partial charge in [0.15, 0.2) is 12.6 Å². The zero-order chi connectivity index (χ0) is 21.1. The molecule has 3 aromatic rings. The van der Waals surface area contributed by atoms with Gasteiger partial charge in [-0.25, -0.2) is 4.79 Å². The van der Waals surface area contributed by atoms with Gasteiger partial charge in [-0.1, -0.05) is 59.3 Å². The lowest BCUT2D eigenvalue weighted by atomic mass is 9.94. The molecule has 7 heteroatoms. The highest BCUT2D eigenvalue weighted by Gasteiger charge is 2.37. The SMILES string of the molecule is COC(=O)[C@H]1Cc2ccccc2C[NH+]1CC(=O)Nc1cc(-c2ccc(C)cc2)no1. The number of esters is 1. The second-order valence-electron chi connectivity index (χ2n) is 7.55. The van der Waals surface area contributed by atoms with E-state index in [0.29, 0.717) is 18.7 Å². The van der Waals surface area contributed by atoms with Crippen molar-refractivity contribution < 1.29 is 23.7 Å². The zero-order valence-corrected chi connectivity index (χ0v) is 17.0. The van der Waals surface area contributed by atoms with E-state index in [-0.39, 0.29) is 24.3 Å². The number of carbonyl (C=O) groups excluding carboxylic acids is 2. The quantitative estimate of drug-likeness (QED) is 0.631. The Bertz CT molecular complexity index is 1060. The van der Waals surface area contributed by atoms with Crippen molar-refractivity contribution in [1.29, 1.82) is 0 Å². The second-order valence-corrected chi connectivity index (χ2v) is 7.55. The van der Waals surface area contributed by atoms with Crippen LogP contribution >= 0.6 is 0 Å². The molecule has 0 spiro atoms. The number of hydrogen-bond acceptors (Lipinski definition) is 5. The Hall–Kier alpha value is -3.45. The van der Waals surface area contributed by atoms with Crippen LogP contribution in [0, 0.1) is 6.92 Å². The Kier molecular flexibility index (Phi) is 5.63. The molecular formula is C23H24N3O4+. The highest BCUT2D eigenvalue weighted by atomic mass is 16.5. The smallest absolute Gasteiger partial charge is 0.365 e. The van der Waals surface area contributed by atoms with E-state index >= 15 is 0 Å². The maximum Gasteiger partial charge on any atom is 0.365 e. The fourth-order valence-corrected chi connectivity index (χ4v) is 3.82. The van der Waals surface area contributed by atoms with Crippen molar-refractivity contribution in [2.24, 2.45) is 0 Å². The van der Waals surface area contributed by atoms with Crippen LogP contribution in [-0.2, 0) is 27.3 Å². The van der Waals surface area contributed by atoms with Gasteiger partial charge in [0.2, 0.25) is 5.88 Å². The number of nitrogens with zero attached hydrogens (tertiary/aromatic N) is 1. The minimum atomic E-state index is -0.423. The van der Waals surface area contributed by atoms with Crippen LogP contribution in [0.4, 0.5) is 5.88 Å². The molecule has 0 fully saturated rings. The number of benzene rings is 2. The van der Waals surface area contributed by atoms with Crippen LogP contribution in [0.5, 0.6) is 0 Å². The molecular weight excluding hydrogens is 382 g/mol. The molecule has 1 aliphatic rings. The van der Waals surface area contributed by atoms with E-state index in [2.05, 4.69) is 10.5 Å². The summed E-state index contributed by atoms with van der Waals surface area (Å²) in [5, 5.41) is 6.78. The number of hydrogen-bond donors (Lipinski definition) is 2. The Balaban J connectivity index is 1.45. The van der Waals surface area contributed by atoms with Gasteiger partial charge in [0.1, 0.15) is 12.2 Å². The zero-order valence-electron chi connectivity index (χ0n) is 17.0. The molecule has 2 aromatic carbocycles. The molecule has 2 heterocycles. The summed E-state index contributed by atoms with van der Waals surface area (Å²) in [4.78, 5) is 25.8. The van der Waals surface area contributed by atoms with Crippen molar-refractivity contribution >= 4 is 17.8 Å². The fraction of sp³-hybridized carbons (Fsp3) is 0.261. The molecule has 1 aliphatic heterocycles. The summed E-state index contributed by atoms with van der Waals surface area (Å²) >= 11 is 0. The first-order valence-corrected chi connectivity index (χ1v) is 9.86. The summed E-state index contributed by atoms with van der Waals surface area (Å²) in [7, 11) is 1.38. The van der Waals surface area contributed by atoms with Gasteiger partial charge >= 0.3 is 5.97 Å². The number of amides is 1. The minimum Gasteiger partial charge on any atom is -0.465 e. The number of aryl methyl sites for hydroxylation is 1. The molecule has 1 unspecified atom stereocenters. The number of rotatable bonds is 5. The van der Waals surface area contributed by atoms with E-state index in [4.69, 9.17) is 9.26 Å². The maximum atomic E-state index is 12.7. The molecule has 0 radical (unpaired) electrons. The highest BCUT2D eigenvalue weighted by molar-refractivity contribution is 5.90. The molecule has 1 amide bonds. The van der Waals surface area contributed by atoms with Crippen molar-refractivity contribution in [3.63, 3.8) is 0 Å². The van der Waals surface area contributed by atoms with Crippen LogP contribution in [0.15, 0.2) is 59.1 Å². The van der Waals surface area contributed by atoms with E-state index in [1.807, 2.05) is 55.5 Å². The topological polar surface area (TPSA) is 85.9 Å². The third-order valence-electron chi connectivity index (χ3n) is 5.45.